The van der Waals surface area contributed by atoms with Crippen molar-refractivity contribution in [1.82, 2.24) is 19.9 Å². The Balaban J connectivity index is 0.000000286. The number of nitrogens with two attached hydrogens (primary N) is 3. The smallest absolute Gasteiger partial charge is 0.387 e. The lowest BCUT2D eigenvalue weighted by molar-refractivity contribution is -0.0506. The summed E-state index contributed by atoms with van der Waals surface area (Å²) in [6.07, 6.45) is 4.79. The van der Waals surface area contributed by atoms with Crippen molar-refractivity contribution in [3.8, 4) is 11.4 Å². The Morgan fingerprint density at radius 1 is 1.02 bits per heavy atom. The number of aliphatic imine (C=N–C) groups is 1. The van der Waals surface area contributed by atoms with Gasteiger partial charge in [0.2, 0.25) is 0 Å². The molecule has 0 amide bonds. The van der Waals surface area contributed by atoms with Gasteiger partial charge in [0, 0.05) is 41.8 Å². The van der Waals surface area contributed by atoms with E-state index in [0.29, 0.717) is 36.3 Å². The molecule has 0 aliphatic heterocycles. The standard InChI is InChI=1S/C21H29N7O.C15H22F3NO/c1-21(2,3)17-11-15-13-28(20(29)27-18(15)26-17)16-7-5-14(6-8-16)12-24-9-4-10-25-19(22)23;1-15(2,3)11-8-10(6-4-5-7-19)13(9-12(11)16)20-14(17)18/h5-8,11,13,24H,4,9-10,12H2,1-3H3,(H4,22,23,25)(H,26,27,29);8-9,14H,4-7,19H2,1-3H3. The van der Waals surface area contributed by atoms with Crippen LogP contribution in [0.4, 0.5) is 13.2 Å². The van der Waals surface area contributed by atoms with Crippen molar-refractivity contribution in [3.05, 3.63) is 87.3 Å². The lowest BCUT2D eigenvalue weighted by Gasteiger charge is -2.22. The number of aromatic nitrogens is 3. The van der Waals surface area contributed by atoms with E-state index in [1.54, 1.807) is 10.6 Å². The molecule has 4 rings (SSSR count). The van der Waals surface area contributed by atoms with Gasteiger partial charge >= 0.3 is 12.3 Å². The lowest BCUT2D eigenvalue weighted by atomic mass is 9.85. The van der Waals surface area contributed by atoms with Crippen molar-refractivity contribution in [3.63, 3.8) is 0 Å². The van der Waals surface area contributed by atoms with Crippen molar-refractivity contribution < 1.29 is 17.9 Å². The Hall–Kier alpha value is -4.36. The lowest BCUT2D eigenvalue weighted by Crippen LogP contribution is -2.23. The van der Waals surface area contributed by atoms with Gasteiger partial charge in [-0.1, -0.05) is 53.7 Å². The molecule has 4 aromatic rings. The predicted octanol–water partition coefficient (Wildman–Crippen LogP) is 5.77. The number of benzene rings is 2. The van der Waals surface area contributed by atoms with Crippen LogP contribution in [0.1, 0.15) is 83.2 Å². The van der Waals surface area contributed by atoms with E-state index in [2.05, 4.69) is 51.9 Å². The topological polar surface area (TPSA) is 162 Å². The molecule has 49 heavy (non-hydrogen) atoms. The molecule has 0 unspecified atom stereocenters. The van der Waals surface area contributed by atoms with Crippen molar-refractivity contribution in [2.45, 2.75) is 91.2 Å². The van der Waals surface area contributed by atoms with E-state index in [0.717, 1.165) is 60.7 Å². The highest BCUT2D eigenvalue weighted by molar-refractivity contribution is 5.76. The summed E-state index contributed by atoms with van der Waals surface area (Å²) in [4.78, 5) is 23.9. The van der Waals surface area contributed by atoms with Gasteiger partial charge in [-0.3, -0.25) is 9.56 Å². The van der Waals surface area contributed by atoms with Crippen LogP contribution >= 0.6 is 0 Å². The molecule has 0 atom stereocenters. The second kappa shape index (κ2) is 17.3. The van der Waals surface area contributed by atoms with Crippen LogP contribution in [0.3, 0.4) is 0 Å². The van der Waals surface area contributed by atoms with Crippen molar-refractivity contribution in [2.24, 2.45) is 22.2 Å². The number of nitrogens with zero attached hydrogens (tertiary/aromatic N) is 3. The molecule has 2 aromatic carbocycles. The molecule has 0 aliphatic rings. The summed E-state index contributed by atoms with van der Waals surface area (Å²) in [5.74, 6) is -0.476. The van der Waals surface area contributed by atoms with Crippen LogP contribution in [0.25, 0.3) is 16.7 Å². The Morgan fingerprint density at radius 2 is 1.71 bits per heavy atom. The minimum absolute atomic E-state index is 0.0352. The second-order valence-corrected chi connectivity index (χ2v) is 13.9. The van der Waals surface area contributed by atoms with Crippen LogP contribution in [0, 0.1) is 5.82 Å². The molecule has 10 nitrogen and oxygen atoms in total. The Morgan fingerprint density at radius 3 is 2.31 bits per heavy atom. The molecule has 13 heteroatoms. The predicted molar refractivity (Wildman–Crippen MR) is 191 cm³/mol. The number of H-pyrrole nitrogens is 1. The molecule has 0 bridgehead atoms. The molecule has 0 aliphatic carbocycles. The fraction of sp³-hybridized carbons (Fsp3) is 0.472. The van der Waals surface area contributed by atoms with Gasteiger partial charge in [-0.05, 0) is 85.1 Å². The molecule has 2 heterocycles. The summed E-state index contributed by atoms with van der Waals surface area (Å²) in [7, 11) is 0. The van der Waals surface area contributed by atoms with Crippen LogP contribution in [-0.2, 0) is 23.8 Å². The Kier molecular flexibility index (Phi) is 13.8. The first-order valence-corrected chi connectivity index (χ1v) is 16.5. The van der Waals surface area contributed by atoms with Crippen LogP contribution in [0.5, 0.6) is 5.75 Å². The van der Waals surface area contributed by atoms with Gasteiger partial charge in [0.25, 0.3) is 0 Å². The number of unbranched alkanes of at least 4 members (excludes halogenated alkanes) is 1. The fourth-order valence-electron chi connectivity index (χ4n) is 5.04. The molecular weight excluding hydrogens is 633 g/mol. The van der Waals surface area contributed by atoms with E-state index >= 15 is 0 Å². The van der Waals surface area contributed by atoms with Crippen LogP contribution < -0.4 is 32.9 Å². The van der Waals surface area contributed by atoms with Crippen molar-refractivity contribution in [1.29, 1.82) is 0 Å². The number of nitrogens with one attached hydrogen (secondary N) is 2. The quantitative estimate of drug-likeness (QED) is 0.0678. The maximum atomic E-state index is 14.0. The third kappa shape index (κ3) is 11.9. The van der Waals surface area contributed by atoms with E-state index < -0.39 is 17.8 Å². The van der Waals surface area contributed by atoms with E-state index in [1.165, 1.54) is 0 Å². The molecule has 0 spiro atoms. The largest absolute Gasteiger partial charge is 0.434 e. The summed E-state index contributed by atoms with van der Waals surface area (Å²) in [6, 6.07) is 12.6. The Bertz CT molecular complexity index is 1730. The molecular formula is C36H51F3N8O2. The SMILES string of the molecule is CC(C)(C)c1cc(CCCCN)c(OC(F)F)cc1F.CC(C)(C)c1cc2cn(-c3ccc(CNCCCN=C(N)N)cc3)c(=O)nc2[nH]1. The normalized spacial score (nSPS) is 11.8. The number of guanidine groups is 1. The average Bonchev–Trinajstić information content (AvgIpc) is 3.43. The van der Waals surface area contributed by atoms with Gasteiger partial charge in [0.15, 0.2) is 5.96 Å². The van der Waals surface area contributed by atoms with E-state index in [-0.39, 0.29) is 22.8 Å². The third-order valence-corrected chi connectivity index (χ3v) is 7.74. The molecule has 0 radical (unpaired) electrons. The first-order valence-electron chi connectivity index (χ1n) is 16.5. The van der Waals surface area contributed by atoms with E-state index in [4.69, 9.17) is 17.2 Å². The maximum Gasteiger partial charge on any atom is 0.387 e. The zero-order chi connectivity index (χ0) is 36.4. The summed E-state index contributed by atoms with van der Waals surface area (Å²) < 4.78 is 44.8. The Labute approximate surface area is 286 Å². The van der Waals surface area contributed by atoms with Crippen LogP contribution in [0.2, 0.25) is 0 Å². The number of ether oxygens (including phenoxy) is 1. The monoisotopic (exact) mass is 684 g/mol. The van der Waals surface area contributed by atoms with Gasteiger partial charge in [0.05, 0.1) is 5.69 Å². The number of alkyl halides is 2. The average molecular weight is 685 g/mol. The zero-order valence-electron chi connectivity index (χ0n) is 29.4. The van der Waals surface area contributed by atoms with Gasteiger partial charge in [-0.2, -0.15) is 13.8 Å². The number of halogens is 3. The molecule has 0 saturated carbocycles. The van der Waals surface area contributed by atoms with E-state index in [1.807, 2.05) is 51.2 Å². The van der Waals surface area contributed by atoms with Gasteiger partial charge in [-0.25, -0.2) is 9.18 Å². The molecule has 268 valence electrons. The summed E-state index contributed by atoms with van der Waals surface area (Å²) in [5, 5.41) is 4.27. The summed E-state index contributed by atoms with van der Waals surface area (Å²) in [5.41, 5.74) is 20.0. The molecule has 0 fully saturated rings. The van der Waals surface area contributed by atoms with Gasteiger partial charge in [0.1, 0.15) is 17.2 Å². The number of aromatic amines is 1. The molecule has 2 aromatic heterocycles. The van der Waals surface area contributed by atoms with Crippen molar-refractivity contribution in [2.75, 3.05) is 19.6 Å². The number of hydrogen-bond donors (Lipinski definition) is 5. The minimum Gasteiger partial charge on any atom is -0.434 e. The summed E-state index contributed by atoms with van der Waals surface area (Å²) >= 11 is 0. The van der Waals surface area contributed by atoms with E-state index in [9.17, 15) is 18.0 Å². The number of aryl methyl sites for hydroxylation is 1. The van der Waals surface area contributed by atoms with Gasteiger partial charge in [-0.15, -0.1) is 0 Å². The van der Waals surface area contributed by atoms with Crippen LogP contribution in [0.15, 0.2) is 58.4 Å². The highest BCUT2D eigenvalue weighted by atomic mass is 19.3. The number of rotatable bonds is 13. The van der Waals surface area contributed by atoms with Crippen molar-refractivity contribution >= 4 is 17.0 Å². The third-order valence-electron chi connectivity index (χ3n) is 7.74. The first kappa shape index (κ1) is 39.1. The second-order valence-electron chi connectivity index (χ2n) is 13.9. The minimum atomic E-state index is -2.96. The van der Waals surface area contributed by atoms with Crippen LogP contribution in [-0.4, -0.2) is 46.7 Å². The zero-order valence-corrected chi connectivity index (χ0v) is 29.4. The summed E-state index contributed by atoms with van der Waals surface area (Å²) in [6.45, 7) is 11.8. The number of hydrogen-bond acceptors (Lipinski definition) is 6. The molecule has 8 N–H and O–H groups in total. The molecule has 0 saturated heterocycles. The first-order chi connectivity index (χ1) is 23.0. The highest BCUT2D eigenvalue weighted by Crippen LogP contribution is 2.32. The fourth-order valence-corrected chi connectivity index (χ4v) is 5.04. The highest BCUT2D eigenvalue weighted by Gasteiger charge is 2.22. The number of fused-ring (bicyclic) bond motifs is 1. The maximum absolute atomic E-state index is 14.0. The van der Waals surface area contributed by atoms with Gasteiger partial charge < -0.3 is 32.2 Å².